The third-order valence-electron chi connectivity index (χ3n) is 7.15. The van der Waals surface area contributed by atoms with E-state index in [0.717, 1.165) is 25.7 Å². The highest BCUT2D eigenvalue weighted by Gasteiger charge is 2.24. The Balaban J connectivity index is 2.05. The number of hydrogen-bond acceptors (Lipinski definition) is 6. The van der Waals surface area contributed by atoms with Gasteiger partial charge in [-0.15, -0.1) is 0 Å². The zero-order valence-electron chi connectivity index (χ0n) is 21.2. The van der Waals surface area contributed by atoms with Crippen LogP contribution < -0.4 is 0 Å². The normalized spacial score (nSPS) is 11.6. The first-order chi connectivity index (χ1) is 17.1. The van der Waals surface area contributed by atoms with Crippen molar-refractivity contribution in [3.05, 3.63) is 46.5 Å². The molecule has 0 aliphatic carbocycles. The number of aromatic hydroxyl groups is 6. The highest BCUT2D eigenvalue weighted by Crippen LogP contribution is 2.51. The van der Waals surface area contributed by atoms with Crippen molar-refractivity contribution in [2.45, 2.75) is 66.2 Å². The lowest BCUT2D eigenvalue weighted by atomic mass is 9.86. The Morgan fingerprint density at radius 2 is 0.861 bits per heavy atom. The number of phenols is 6. The maximum Gasteiger partial charge on any atom is 0.161 e. The molecule has 6 heteroatoms. The second-order valence-corrected chi connectivity index (χ2v) is 9.68. The molecule has 0 saturated carbocycles. The van der Waals surface area contributed by atoms with E-state index < -0.39 is 0 Å². The van der Waals surface area contributed by atoms with Crippen molar-refractivity contribution in [1.82, 2.24) is 0 Å². The average Bonchev–Trinajstić information content (AvgIpc) is 2.83. The summed E-state index contributed by atoms with van der Waals surface area (Å²) in [5.74, 6) is -1.18. The lowest BCUT2D eigenvalue weighted by Crippen LogP contribution is -1.96. The molecule has 4 aromatic carbocycles. The summed E-state index contributed by atoms with van der Waals surface area (Å²) in [6.07, 6.45) is 4.55. The third kappa shape index (κ3) is 4.00. The van der Waals surface area contributed by atoms with Gasteiger partial charge in [0.15, 0.2) is 23.0 Å². The summed E-state index contributed by atoms with van der Waals surface area (Å²) >= 11 is 0. The van der Waals surface area contributed by atoms with Gasteiger partial charge >= 0.3 is 0 Å². The zero-order valence-corrected chi connectivity index (χ0v) is 21.2. The summed E-state index contributed by atoms with van der Waals surface area (Å²) in [6, 6.07) is 6.41. The highest BCUT2D eigenvalue weighted by atomic mass is 16.3. The van der Waals surface area contributed by atoms with Crippen LogP contribution in [0.1, 0.15) is 61.8 Å². The van der Waals surface area contributed by atoms with Crippen molar-refractivity contribution >= 4 is 21.5 Å². The fourth-order valence-corrected chi connectivity index (χ4v) is 5.24. The minimum absolute atomic E-state index is 0.106. The number of aryl methyl sites for hydroxylation is 4. The van der Waals surface area contributed by atoms with E-state index in [1.165, 1.54) is 12.1 Å². The first-order valence-electron chi connectivity index (χ1n) is 12.5. The van der Waals surface area contributed by atoms with Crippen LogP contribution in [0.5, 0.6) is 34.5 Å². The molecule has 0 bridgehead atoms. The van der Waals surface area contributed by atoms with Gasteiger partial charge in [0.25, 0.3) is 0 Å². The van der Waals surface area contributed by atoms with Gasteiger partial charge in [0.1, 0.15) is 11.5 Å². The summed E-state index contributed by atoms with van der Waals surface area (Å²) in [4.78, 5) is 0. The summed E-state index contributed by atoms with van der Waals surface area (Å²) in [5.41, 5.74) is 3.36. The molecule has 36 heavy (non-hydrogen) atoms. The lowest BCUT2D eigenvalue weighted by molar-refractivity contribution is 0.400. The molecule has 0 aliphatic rings. The second-order valence-electron chi connectivity index (χ2n) is 9.68. The van der Waals surface area contributed by atoms with Crippen LogP contribution in [0.25, 0.3) is 32.7 Å². The van der Waals surface area contributed by atoms with Crippen molar-refractivity contribution in [1.29, 1.82) is 0 Å². The molecule has 0 heterocycles. The fraction of sp³-hybridized carbons (Fsp3) is 0.333. The van der Waals surface area contributed by atoms with Crippen LogP contribution in [0.3, 0.4) is 0 Å². The second kappa shape index (κ2) is 9.69. The topological polar surface area (TPSA) is 121 Å². The minimum Gasteiger partial charge on any atom is -0.507 e. The Hall–Kier alpha value is -3.80. The maximum atomic E-state index is 11.4. The molecule has 0 fully saturated rings. The summed E-state index contributed by atoms with van der Waals surface area (Å²) in [7, 11) is 0. The van der Waals surface area contributed by atoms with Crippen LogP contribution in [-0.4, -0.2) is 30.6 Å². The van der Waals surface area contributed by atoms with Gasteiger partial charge in [0.2, 0.25) is 0 Å². The first-order valence-corrected chi connectivity index (χ1v) is 12.5. The van der Waals surface area contributed by atoms with Crippen LogP contribution in [0.4, 0.5) is 0 Å². The number of rotatable bonds is 7. The van der Waals surface area contributed by atoms with E-state index in [-0.39, 0.29) is 34.5 Å². The van der Waals surface area contributed by atoms with E-state index in [1.54, 1.807) is 0 Å². The molecule has 0 radical (unpaired) electrons. The molecule has 190 valence electrons. The SMILES string of the molecule is CCCCc1c(O)c(O)cc2c(O)c(-c3c(C)cc4c(CCCC)c(O)c(O)cc4c3O)c(C)cc12. The van der Waals surface area contributed by atoms with E-state index in [1.807, 2.05) is 39.8 Å². The zero-order chi connectivity index (χ0) is 26.3. The van der Waals surface area contributed by atoms with E-state index in [9.17, 15) is 30.6 Å². The molecular weight excluding hydrogens is 456 g/mol. The van der Waals surface area contributed by atoms with Crippen molar-refractivity contribution in [3.63, 3.8) is 0 Å². The van der Waals surface area contributed by atoms with Crippen molar-refractivity contribution in [2.75, 3.05) is 0 Å². The molecule has 0 amide bonds. The van der Waals surface area contributed by atoms with E-state index in [0.29, 0.717) is 67.8 Å². The van der Waals surface area contributed by atoms with Gasteiger partial charge in [-0.05, 0) is 73.6 Å². The van der Waals surface area contributed by atoms with Gasteiger partial charge in [-0.3, -0.25) is 0 Å². The van der Waals surface area contributed by atoms with E-state index in [4.69, 9.17) is 0 Å². The molecule has 0 aliphatic heterocycles. The Morgan fingerprint density at radius 3 is 1.19 bits per heavy atom. The molecule has 0 aromatic heterocycles. The Kier molecular flexibility index (Phi) is 6.81. The average molecular weight is 491 g/mol. The predicted molar refractivity (Wildman–Crippen MR) is 144 cm³/mol. The summed E-state index contributed by atoms with van der Waals surface area (Å²) in [5, 5.41) is 66.8. The smallest absolute Gasteiger partial charge is 0.161 e. The standard InChI is InChI=1S/C30H34O6/c1-5-7-9-17-19-11-15(3)25(29(35)21(19)13-23(31)27(17)33)26-16(4)12-20-18(10-8-6-2)28(34)24(32)14-22(20)30(26)36/h11-14,31-36H,5-10H2,1-4H3. The van der Waals surface area contributed by atoms with Gasteiger partial charge in [-0.25, -0.2) is 0 Å². The van der Waals surface area contributed by atoms with Gasteiger partial charge in [-0.1, -0.05) is 38.8 Å². The molecule has 4 aromatic rings. The van der Waals surface area contributed by atoms with E-state index in [2.05, 4.69) is 0 Å². The van der Waals surface area contributed by atoms with Crippen molar-refractivity contribution in [2.24, 2.45) is 0 Å². The van der Waals surface area contributed by atoms with Gasteiger partial charge in [-0.2, -0.15) is 0 Å². The number of fused-ring (bicyclic) bond motifs is 2. The number of phenolic OH excluding ortho intramolecular Hbond substituents is 6. The highest BCUT2D eigenvalue weighted by molar-refractivity contribution is 6.05. The summed E-state index contributed by atoms with van der Waals surface area (Å²) in [6.45, 7) is 7.73. The number of hydrogen-bond donors (Lipinski definition) is 6. The van der Waals surface area contributed by atoms with Crippen molar-refractivity contribution in [3.8, 4) is 45.6 Å². The molecule has 0 unspecified atom stereocenters. The van der Waals surface area contributed by atoms with Crippen LogP contribution >= 0.6 is 0 Å². The Labute approximate surface area is 210 Å². The van der Waals surface area contributed by atoms with Crippen LogP contribution in [0.15, 0.2) is 24.3 Å². The maximum absolute atomic E-state index is 11.4. The van der Waals surface area contributed by atoms with Crippen LogP contribution in [-0.2, 0) is 12.8 Å². The summed E-state index contributed by atoms with van der Waals surface area (Å²) < 4.78 is 0. The van der Waals surface area contributed by atoms with Crippen LogP contribution in [0, 0.1) is 13.8 Å². The Morgan fingerprint density at radius 1 is 0.500 bits per heavy atom. The first kappa shape index (κ1) is 25.3. The largest absolute Gasteiger partial charge is 0.507 e. The third-order valence-corrected chi connectivity index (χ3v) is 7.15. The van der Waals surface area contributed by atoms with Gasteiger partial charge in [0.05, 0.1) is 0 Å². The molecule has 4 rings (SSSR count). The minimum atomic E-state index is -0.306. The molecular formula is C30H34O6. The monoisotopic (exact) mass is 490 g/mol. The lowest BCUT2D eigenvalue weighted by Gasteiger charge is -2.20. The van der Waals surface area contributed by atoms with E-state index >= 15 is 0 Å². The number of benzene rings is 4. The number of unbranched alkanes of at least 4 members (excludes halogenated alkanes) is 2. The predicted octanol–water partition coefficient (Wildman–Crippen LogP) is 7.20. The quantitative estimate of drug-likeness (QED) is 0.152. The molecule has 6 nitrogen and oxygen atoms in total. The molecule has 6 N–H and O–H groups in total. The fourth-order valence-electron chi connectivity index (χ4n) is 5.24. The Bertz CT molecular complexity index is 1370. The van der Waals surface area contributed by atoms with Gasteiger partial charge in [0, 0.05) is 33.0 Å². The van der Waals surface area contributed by atoms with Crippen molar-refractivity contribution < 1.29 is 30.6 Å². The van der Waals surface area contributed by atoms with Gasteiger partial charge < -0.3 is 30.6 Å². The van der Waals surface area contributed by atoms with Crippen LogP contribution in [0.2, 0.25) is 0 Å². The molecule has 0 saturated heterocycles. The molecule has 0 atom stereocenters. The molecule has 0 spiro atoms.